The van der Waals surface area contributed by atoms with Crippen molar-refractivity contribution in [2.24, 2.45) is 0 Å². The van der Waals surface area contributed by atoms with Crippen molar-refractivity contribution in [1.29, 1.82) is 0 Å². The number of esters is 1. The highest BCUT2D eigenvalue weighted by molar-refractivity contribution is 6.01. The van der Waals surface area contributed by atoms with Gasteiger partial charge in [-0.25, -0.2) is 4.79 Å². The molecule has 182 valence electrons. The number of ether oxygens (including phenoxy) is 2. The summed E-state index contributed by atoms with van der Waals surface area (Å²) in [5.74, 6) is -1.16. The van der Waals surface area contributed by atoms with Crippen LogP contribution in [0.5, 0.6) is 5.75 Å². The van der Waals surface area contributed by atoms with E-state index in [9.17, 15) is 19.7 Å². The first kappa shape index (κ1) is 25.2. The third-order valence-electron chi connectivity index (χ3n) is 5.04. The number of anilines is 2. The number of nitrogens with one attached hydrogen (secondary N) is 2. The van der Waals surface area contributed by atoms with Crippen molar-refractivity contribution in [3.05, 3.63) is 93.5 Å². The van der Waals surface area contributed by atoms with Crippen LogP contribution in [0.4, 0.5) is 17.1 Å². The molecule has 0 bridgehead atoms. The number of amides is 1. The number of methoxy groups -OCH3 is 1. The molecule has 0 fully saturated rings. The first-order valence-electron chi connectivity index (χ1n) is 10.7. The van der Waals surface area contributed by atoms with E-state index in [-0.39, 0.29) is 30.1 Å². The molecule has 0 aliphatic heterocycles. The van der Waals surface area contributed by atoms with Gasteiger partial charge in [0.2, 0.25) is 6.10 Å². The molecule has 1 amide bonds. The Hall–Kier alpha value is -4.44. The highest BCUT2D eigenvalue weighted by atomic mass is 16.6. The molecule has 3 aromatic rings. The van der Waals surface area contributed by atoms with E-state index in [1.807, 2.05) is 13.0 Å². The largest absolute Gasteiger partial charge is 0.495 e. The van der Waals surface area contributed by atoms with Crippen LogP contribution < -0.4 is 15.4 Å². The van der Waals surface area contributed by atoms with E-state index in [2.05, 4.69) is 10.6 Å². The molecule has 3 rings (SSSR count). The fourth-order valence-electron chi connectivity index (χ4n) is 3.35. The van der Waals surface area contributed by atoms with Crippen LogP contribution in [-0.2, 0) is 9.53 Å². The zero-order valence-corrected chi connectivity index (χ0v) is 19.2. The molecule has 0 heterocycles. The molecule has 0 saturated carbocycles. The number of carbonyl (C=O) groups excluding carboxylic acids is 2. The molecule has 3 aromatic carbocycles. The van der Waals surface area contributed by atoms with E-state index in [1.165, 1.54) is 19.2 Å². The van der Waals surface area contributed by atoms with Crippen molar-refractivity contribution in [2.45, 2.75) is 13.0 Å². The number of hydrogen-bond acceptors (Lipinski definition) is 8. The van der Waals surface area contributed by atoms with Gasteiger partial charge in [-0.05, 0) is 30.7 Å². The van der Waals surface area contributed by atoms with Gasteiger partial charge >= 0.3 is 5.97 Å². The van der Waals surface area contributed by atoms with Crippen LogP contribution in [0.1, 0.15) is 27.6 Å². The molecule has 1 atom stereocenters. The van der Waals surface area contributed by atoms with Gasteiger partial charge in [0.15, 0.2) is 0 Å². The summed E-state index contributed by atoms with van der Waals surface area (Å²) >= 11 is 0. The number of nitro groups is 1. The monoisotopic (exact) mass is 479 g/mol. The Kier molecular flexibility index (Phi) is 8.36. The Morgan fingerprint density at radius 3 is 2.46 bits per heavy atom. The number of aliphatic hydroxyl groups excluding tert-OH is 1. The third-order valence-corrected chi connectivity index (χ3v) is 5.04. The molecular formula is C25H25N3O7. The molecule has 0 radical (unpaired) electrons. The summed E-state index contributed by atoms with van der Waals surface area (Å²) in [7, 11) is 1.47. The average Bonchev–Trinajstić information content (AvgIpc) is 2.86. The Balaban J connectivity index is 1.96. The number of benzene rings is 3. The van der Waals surface area contributed by atoms with Crippen LogP contribution in [0.3, 0.4) is 0 Å². The fourth-order valence-corrected chi connectivity index (χ4v) is 3.35. The highest BCUT2D eigenvalue weighted by Gasteiger charge is 2.28. The standard InChI is InChI=1S/C25H25N3O7/c1-16-8-11-22(34-2)21(14-16)27-24(30)23(17-6-4-3-5-7-17)35-25(31)19-15-18(28(32)33)9-10-20(19)26-12-13-29/h3-11,14-15,23,26,29H,12-13H2,1-2H3,(H,27,30). The SMILES string of the molecule is COc1ccc(C)cc1NC(=O)C(OC(=O)c1cc([N+](=O)[O-])ccc1NCCO)c1ccccc1. The highest BCUT2D eigenvalue weighted by Crippen LogP contribution is 2.29. The van der Waals surface area contributed by atoms with Gasteiger partial charge in [0, 0.05) is 29.9 Å². The number of rotatable bonds is 10. The summed E-state index contributed by atoms with van der Waals surface area (Å²) in [5, 5.41) is 25.9. The Labute approximate surface area is 201 Å². The number of aryl methyl sites for hydroxylation is 1. The number of non-ortho nitro benzene ring substituents is 1. The van der Waals surface area contributed by atoms with Crippen molar-refractivity contribution >= 4 is 28.9 Å². The predicted molar refractivity (Wildman–Crippen MR) is 130 cm³/mol. The molecule has 3 N–H and O–H groups in total. The molecule has 1 unspecified atom stereocenters. The molecule has 35 heavy (non-hydrogen) atoms. The van der Waals surface area contributed by atoms with Crippen molar-refractivity contribution in [3.63, 3.8) is 0 Å². The maximum Gasteiger partial charge on any atom is 0.341 e. The second-order valence-corrected chi connectivity index (χ2v) is 7.53. The van der Waals surface area contributed by atoms with Gasteiger partial charge in [-0.2, -0.15) is 0 Å². The van der Waals surface area contributed by atoms with Gasteiger partial charge in [-0.15, -0.1) is 0 Å². The smallest absolute Gasteiger partial charge is 0.341 e. The topological polar surface area (TPSA) is 140 Å². The van der Waals surface area contributed by atoms with Gasteiger partial charge in [-0.1, -0.05) is 36.4 Å². The number of nitro benzene ring substituents is 1. The van der Waals surface area contributed by atoms with Crippen molar-refractivity contribution in [3.8, 4) is 5.75 Å². The van der Waals surface area contributed by atoms with E-state index < -0.39 is 22.9 Å². The molecule has 0 saturated heterocycles. The zero-order chi connectivity index (χ0) is 25.4. The fraction of sp³-hybridized carbons (Fsp3) is 0.200. The summed E-state index contributed by atoms with van der Waals surface area (Å²) in [6.45, 7) is 1.74. The van der Waals surface area contributed by atoms with Crippen LogP contribution in [-0.4, -0.2) is 42.2 Å². The van der Waals surface area contributed by atoms with E-state index in [4.69, 9.17) is 14.6 Å². The number of hydrogen-bond donors (Lipinski definition) is 3. The quantitative estimate of drug-likeness (QED) is 0.226. The summed E-state index contributed by atoms with van der Waals surface area (Å²) in [6.07, 6.45) is -1.36. The van der Waals surface area contributed by atoms with Gasteiger partial charge in [0.1, 0.15) is 5.75 Å². The first-order chi connectivity index (χ1) is 16.8. The lowest BCUT2D eigenvalue weighted by Gasteiger charge is -2.20. The van der Waals surface area contributed by atoms with Crippen LogP contribution in [0.2, 0.25) is 0 Å². The average molecular weight is 479 g/mol. The second-order valence-electron chi connectivity index (χ2n) is 7.53. The lowest BCUT2D eigenvalue weighted by Crippen LogP contribution is -2.26. The molecular weight excluding hydrogens is 454 g/mol. The maximum atomic E-state index is 13.3. The van der Waals surface area contributed by atoms with Gasteiger partial charge in [0.05, 0.1) is 29.9 Å². The van der Waals surface area contributed by atoms with Crippen LogP contribution in [0.25, 0.3) is 0 Å². The lowest BCUT2D eigenvalue weighted by molar-refractivity contribution is -0.384. The van der Waals surface area contributed by atoms with Crippen LogP contribution in [0.15, 0.2) is 66.7 Å². The second kappa shape index (κ2) is 11.6. The van der Waals surface area contributed by atoms with Crippen molar-refractivity contribution in [2.75, 3.05) is 30.9 Å². The van der Waals surface area contributed by atoms with Gasteiger partial charge in [0.25, 0.3) is 11.6 Å². The maximum absolute atomic E-state index is 13.3. The predicted octanol–water partition coefficient (Wildman–Crippen LogP) is 3.85. The summed E-state index contributed by atoms with van der Waals surface area (Å²) < 4.78 is 10.9. The Morgan fingerprint density at radius 2 is 1.80 bits per heavy atom. The molecule has 10 nitrogen and oxygen atoms in total. The van der Waals surface area contributed by atoms with Gasteiger partial charge < -0.3 is 25.2 Å². The molecule has 0 spiro atoms. The van der Waals surface area contributed by atoms with Crippen LogP contribution >= 0.6 is 0 Å². The minimum Gasteiger partial charge on any atom is -0.495 e. The zero-order valence-electron chi connectivity index (χ0n) is 19.2. The van der Waals surface area contributed by atoms with E-state index in [1.54, 1.807) is 42.5 Å². The summed E-state index contributed by atoms with van der Waals surface area (Å²) in [4.78, 5) is 37.1. The van der Waals surface area contributed by atoms with Crippen LogP contribution in [0, 0.1) is 17.0 Å². The normalized spacial score (nSPS) is 11.3. The Morgan fingerprint density at radius 1 is 1.06 bits per heavy atom. The van der Waals surface area contributed by atoms with E-state index in [0.29, 0.717) is 17.0 Å². The van der Waals surface area contributed by atoms with Gasteiger partial charge in [-0.3, -0.25) is 14.9 Å². The third kappa shape index (κ3) is 6.33. The molecule has 10 heteroatoms. The molecule has 0 aliphatic rings. The minimum atomic E-state index is -1.36. The number of nitrogens with zero attached hydrogens (tertiary/aromatic N) is 1. The minimum absolute atomic E-state index is 0.105. The Bertz CT molecular complexity index is 1210. The van der Waals surface area contributed by atoms with Crippen molar-refractivity contribution in [1.82, 2.24) is 0 Å². The van der Waals surface area contributed by atoms with Crippen molar-refractivity contribution < 1.29 is 29.1 Å². The van der Waals surface area contributed by atoms with E-state index in [0.717, 1.165) is 11.6 Å². The number of carbonyl (C=O) groups is 2. The molecule has 0 aromatic heterocycles. The van der Waals surface area contributed by atoms with E-state index >= 15 is 0 Å². The number of aliphatic hydroxyl groups is 1. The summed E-state index contributed by atoms with van der Waals surface area (Å²) in [5.41, 5.74) is 1.44. The molecule has 0 aliphatic carbocycles. The lowest BCUT2D eigenvalue weighted by atomic mass is 10.1. The first-order valence-corrected chi connectivity index (χ1v) is 10.7. The summed E-state index contributed by atoms with van der Waals surface area (Å²) in [6, 6.07) is 17.3.